The number of nitrogens with one attached hydrogen (secondary N) is 1. The van der Waals surface area contributed by atoms with Crippen molar-refractivity contribution in [1.82, 2.24) is 4.72 Å². The zero-order chi connectivity index (χ0) is 16.4. The molecular formula is C12H14BrF2NO4S. The van der Waals surface area contributed by atoms with Gasteiger partial charge in [-0.3, -0.25) is 4.79 Å². The highest BCUT2D eigenvalue weighted by Gasteiger charge is 2.30. The van der Waals surface area contributed by atoms with Crippen LogP contribution in [0.2, 0.25) is 0 Å². The number of sulfonamides is 1. The van der Waals surface area contributed by atoms with Crippen molar-refractivity contribution in [2.75, 3.05) is 0 Å². The van der Waals surface area contributed by atoms with Crippen molar-refractivity contribution in [3.05, 3.63) is 28.2 Å². The van der Waals surface area contributed by atoms with E-state index in [2.05, 4.69) is 20.7 Å². The molecule has 1 aromatic rings. The molecule has 0 atom stereocenters. The highest BCUT2D eigenvalue weighted by atomic mass is 79.9. The van der Waals surface area contributed by atoms with Crippen molar-refractivity contribution in [2.24, 2.45) is 0 Å². The summed E-state index contributed by atoms with van der Waals surface area (Å²) in [6, 6.07) is 1.30. The second-order valence-corrected chi connectivity index (χ2v) is 7.56. The van der Waals surface area contributed by atoms with Crippen LogP contribution in [0.5, 0.6) is 0 Å². The summed E-state index contributed by atoms with van der Waals surface area (Å²) >= 11 is 2.81. The smallest absolute Gasteiger partial charge is 0.303 e. The van der Waals surface area contributed by atoms with Crippen LogP contribution in [0.4, 0.5) is 8.78 Å². The van der Waals surface area contributed by atoms with E-state index in [-0.39, 0.29) is 17.3 Å². The minimum Gasteiger partial charge on any atom is -0.481 e. The minimum absolute atomic E-state index is 0.0159. The number of aliphatic carboxylic acids is 1. The van der Waals surface area contributed by atoms with E-state index < -0.39 is 38.1 Å². The molecular weight excluding hydrogens is 372 g/mol. The fourth-order valence-electron chi connectivity index (χ4n) is 1.67. The summed E-state index contributed by atoms with van der Waals surface area (Å²) in [6.07, 6.45) is -0.232. The summed E-state index contributed by atoms with van der Waals surface area (Å²) in [7, 11) is -4.28. The first-order chi connectivity index (χ1) is 9.44. The number of hydrogen-bond donors (Lipinski definition) is 2. The van der Waals surface area contributed by atoms with Gasteiger partial charge in [0.2, 0.25) is 10.0 Å². The predicted octanol–water partition coefficient (Wildman–Crippen LogP) is 2.65. The molecule has 0 saturated heterocycles. The van der Waals surface area contributed by atoms with E-state index in [0.717, 1.165) is 6.07 Å². The van der Waals surface area contributed by atoms with Crippen LogP contribution in [-0.2, 0) is 14.8 Å². The quantitative estimate of drug-likeness (QED) is 0.788. The first-order valence-corrected chi connectivity index (χ1v) is 8.12. The third kappa shape index (κ3) is 5.01. The Bertz CT molecular complexity index is 638. The lowest BCUT2D eigenvalue weighted by molar-refractivity contribution is -0.137. The number of carboxylic acids is 1. The highest BCUT2D eigenvalue weighted by Crippen LogP contribution is 2.27. The molecule has 0 aliphatic heterocycles. The monoisotopic (exact) mass is 385 g/mol. The third-order valence-electron chi connectivity index (χ3n) is 2.61. The average molecular weight is 386 g/mol. The number of rotatable bonds is 6. The van der Waals surface area contributed by atoms with Crippen LogP contribution < -0.4 is 4.72 Å². The molecule has 9 heteroatoms. The molecule has 1 rings (SSSR count). The van der Waals surface area contributed by atoms with Crippen molar-refractivity contribution in [1.29, 1.82) is 0 Å². The Hall–Kier alpha value is -1.06. The van der Waals surface area contributed by atoms with Crippen LogP contribution >= 0.6 is 15.9 Å². The molecule has 2 N–H and O–H groups in total. The normalized spacial score (nSPS) is 12.4. The number of carboxylic acid groups (broad SMARTS) is 1. The largest absolute Gasteiger partial charge is 0.481 e. The van der Waals surface area contributed by atoms with E-state index in [4.69, 9.17) is 5.11 Å². The maximum atomic E-state index is 13.7. The van der Waals surface area contributed by atoms with Gasteiger partial charge in [-0.2, -0.15) is 0 Å². The Balaban J connectivity index is 3.10. The third-order valence-corrected chi connectivity index (χ3v) is 5.27. The summed E-state index contributed by atoms with van der Waals surface area (Å²) in [5.74, 6) is -3.22. The lowest BCUT2D eigenvalue weighted by Gasteiger charge is -2.25. The SMILES string of the molecule is CC(C)(CCC(=O)O)NS(=O)(=O)c1c(F)cc(F)cc1Br. The first kappa shape index (κ1) is 18.0. The predicted molar refractivity (Wildman–Crippen MR) is 75.3 cm³/mol. The van der Waals surface area contributed by atoms with Gasteiger partial charge >= 0.3 is 5.97 Å². The topological polar surface area (TPSA) is 83.5 Å². The summed E-state index contributed by atoms with van der Waals surface area (Å²) in [6.45, 7) is 2.95. The van der Waals surface area contributed by atoms with E-state index in [0.29, 0.717) is 6.07 Å². The Morgan fingerprint density at radius 2 is 1.95 bits per heavy atom. The van der Waals surface area contributed by atoms with Crippen molar-refractivity contribution in [2.45, 2.75) is 37.1 Å². The molecule has 21 heavy (non-hydrogen) atoms. The molecule has 0 aliphatic carbocycles. The second kappa shape index (κ2) is 6.37. The van der Waals surface area contributed by atoms with Crippen LogP contribution in [0, 0.1) is 11.6 Å². The molecule has 0 spiro atoms. The summed E-state index contributed by atoms with van der Waals surface area (Å²) < 4.78 is 53.1. The van der Waals surface area contributed by atoms with Crippen LogP contribution in [0.15, 0.2) is 21.5 Å². The Labute approximate surface area is 129 Å². The molecule has 0 bridgehead atoms. The van der Waals surface area contributed by atoms with Gasteiger partial charge in [-0.15, -0.1) is 0 Å². The molecule has 0 fully saturated rings. The van der Waals surface area contributed by atoms with Gasteiger partial charge < -0.3 is 5.11 Å². The molecule has 1 aromatic carbocycles. The van der Waals surface area contributed by atoms with Crippen LogP contribution in [0.3, 0.4) is 0 Å². The molecule has 118 valence electrons. The van der Waals surface area contributed by atoms with Gasteiger partial charge in [0, 0.05) is 22.5 Å². The first-order valence-electron chi connectivity index (χ1n) is 5.85. The van der Waals surface area contributed by atoms with E-state index >= 15 is 0 Å². The number of hydrogen-bond acceptors (Lipinski definition) is 3. The Morgan fingerprint density at radius 3 is 2.43 bits per heavy atom. The molecule has 0 aliphatic rings. The van der Waals surface area contributed by atoms with Crippen LogP contribution in [0.1, 0.15) is 26.7 Å². The zero-order valence-electron chi connectivity index (χ0n) is 11.3. The van der Waals surface area contributed by atoms with Gasteiger partial charge in [0.15, 0.2) is 0 Å². The lowest BCUT2D eigenvalue weighted by atomic mass is 10.0. The molecule has 0 aromatic heterocycles. The van der Waals surface area contributed by atoms with Gasteiger partial charge in [-0.05, 0) is 42.3 Å². The Kier molecular flexibility index (Phi) is 5.46. The fraction of sp³-hybridized carbons (Fsp3) is 0.417. The number of benzene rings is 1. The standard InChI is InChI=1S/C12H14BrF2NO4S/c1-12(2,4-3-10(17)18)16-21(19,20)11-8(13)5-7(14)6-9(11)15/h5-6,16H,3-4H2,1-2H3,(H,17,18). The maximum Gasteiger partial charge on any atom is 0.303 e. The maximum absolute atomic E-state index is 13.7. The fourth-order valence-corrected chi connectivity index (χ4v) is 4.28. The minimum atomic E-state index is -4.28. The molecule has 0 saturated carbocycles. The number of carbonyl (C=O) groups is 1. The molecule has 5 nitrogen and oxygen atoms in total. The van der Waals surface area contributed by atoms with Gasteiger partial charge in [0.1, 0.15) is 16.5 Å². The summed E-state index contributed by atoms with van der Waals surface area (Å²) in [5.41, 5.74) is -1.10. The van der Waals surface area contributed by atoms with Crippen molar-refractivity contribution in [3.63, 3.8) is 0 Å². The molecule has 0 heterocycles. The van der Waals surface area contributed by atoms with Crippen LogP contribution in [-0.4, -0.2) is 25.0 Å². The average Bonchev–Trinajstić information content (AvgIpc) is 2.22. The van der Waals surface area contributed by atoms with E-state index in [9.17, 15) is 22.0 Å². The van der Waals surface area contributed by atoms with Crippen molar-refractivity contribution >= 4 is 31.9 Å². The van der Waals surface area contributed by atoms with E-state index in [1.807, 2.05) is 0 Å². The van der Waals surface area contributed by atoms with E-state index in [1.165, 1.54) is 13.8 Å². The van der Waals surface area contributed by atoms with E-state index in [1.54, 1.807) is 0 Å². The van der Waals surface area contributed by atoms with Gasteiger partial charge in [0.05, 0.1) is 0 Å². The molecule has 0 amide bonds. The van der Waals surface area contributed by atoms with Crippen molar-refractivity contribution in [3.8, 4) is 0 Å². The molecule has 0 unspecified atom stereocenters. The van der Waals surface area contributed by atoms with Gasteiger partial charge in [-0.25, -0.2) is 21.9 Å². The van der Waals surface area contributed by atoms with Crippen molar-refractivity contribution < 1.29 is 27.1 Å². The number of halogens is 3. The second-order valence-electron chi connectivity index (χ2n) is 5.08. The molecule has 0 radical (unpaired) electrons. The Morgan fingerprint density at radius 1 is 1.38 bits per heavy atom. The lowest BCUT2D eigenvalue weighted by Crippen LogP contribution is -2.44. The van der Waals surface area contributed by atoms with Gasteiger partial charge in [-0.1, -0.05) is 0 Å². The van der Waals surface area contributed by atoms with Gasteiger partial charge in [0.25, 0.3) is 0 Å². The highest BCUT2D eigenvalue weighted by molar-refractivity contribution is 9.10. The van der Waals surface area contributed by atoms with Crippen LogP contribution in [0.25, 0.3) is 0 Å². The summed E-state index contributed by atoms with van der Waals surface area (Å²) in [5, 5.41) is 8.62. The summed E-state index contributed by atoms with van der Waals surface area (Å²) in [4.78, 5) is 9.83. The zero-order valence-corrected chi connectivity index (χ0v) is 13.7.